The average Bonchev–Trinajstić information content (AvgIpc) is 2.74. The van der Waals surface area contributed by atoms with Gasteiger partial charge in [0.05, 0.1) is 6.42 Å². The lowest BCUT2D eigenvalue weighted by molar-refractivity contribution is -0.137. The van der Waals surface area contributed by atoms with Gasteiger partial charge in [0.1, 0.15) is 5.15 Å². The summed E-state index contributed by atoms with van der Waals surface area (Å²) < 4.78 is 0. The zero-order chi connectivity index (χ0) is 12.3. The molecule has 0 unspecified atom stereocenters. The molecule has 0 radical (unpaired) electrons. The Kier molecular flexibility index (Phi) is 4.20. The first-order valence-electron chi connectivity index (χ1n) is 5.45. The lowest BCUT2D eigenvalue weighted by atomic mass is 10.3. The summed E-state index contributed by atoms with van der Waals surface area (Å²) >= 11 is 7.34. The number of nitrogens with zero attached hydrogens (tertiary/aromatic N) is 3. The number of aromatic nitrogens is 1. The Balaban J connectivity index is 1.80. The number of hydrogen-bond acceptors (Lipinski definition) is 5. The van der Waals surface area contributed by atoms with Gasteiger partial charge in [-0.3, -0.25) is 9.69 Å². The fraction of sp³-hybridized carbons (Fsp3) is 0.600. The molecule has 0 atom stereocenters. The van der Waals surface area contributed by atoms with E-state index in [9.17, 15) is 4.79 Å². The maximum Gasteiger partial charge on any atom is 0.304 e. The van der Waals surface area contributed by atoms with Crippen molar-refractivity contribution in [3.8, 4) is 0 Å². The number of thiazole rings is 1. The van der Waals surface area contributed by atoms with E-state index in [0.29, 0.717) is 11.7 Å². The first-order valence-corrected chi connectivity index (χ1v) is 6.71. The summed E-state index contributed by atoms with van der Waals surface area (Å²) in [7, 11) is 0. The molecule has 1 aliphatic rings. The highest BCUT2D eigenvalue weighted by Crippen LogP contribution is 2.24. The van der Waals surface area contributed by atoms with E-state index in [-0.39, 0.29) is 6.42 Å². The van der Waals surface area contributed by atoms with Gasteiger partial charge in [0.15, 0.2) is 5.13 Å². The van der Waals surface area contributed by atoms with Gasteiger partial charge >= 0.3 is 5.97 Å². The van der Waals surface area contributed by atoms with Crippen LogP contribution in [-0.2, 0) is 4.79 Å². The molecule has 0 aromatic carbocycles. The Labute approximate surface area is 109 Å². The van der Waals surface area contributed by atoms with Crippen LogP contribution in [0.4, 0.5) is 5.13 Å². The molecule has 0 bridgehead atoms. The molecule has 17 heavy (non-hydrogen) atoms. The number of anilines is 1. The summed E-state index contributed by atoms with van der Waals surface area (Å²) in [4.78, 5) is 19.1. The SMILES string of the molecule is O=C(O)CCN1CCN(c2nc(Cl)cs2)CC1. The minimum Gasteiger partial charge on any atom is -0.481 e. The molecule has 94 valence electrons. The molecule has 1 aromatic rings. The van der Waals surface area contributed by atoms with Gasteiger partial charge in [-0.05, 0) is 0 Å². The van der Waals surface area contributed by atoms with Crippen molar-refractivity contribution in [3.05, 3.63) is 10.5 Å². The lowest BCUT2D eigenvalue weighted by Gasteiger charge is -2.34. The van der Waals surface area contributed by atoms with Gasteiger partial charge in [-0.2, -0.15) is 0 Å². The van der Waals surface area contributed by atoms with Gasteiger partial charge in [0.25, 0.3) is 0 Å². The van der Waals surface area contributed by atoms with Crippen LogP contribution in [0.1, 0.15) is 6.42 Å². The molecule has 0 amide bonds. The zero-order valence-electron chi connectivity index (χ0n) is 9.30. The number of piperazine rings is 1. The predicted octanol–water partition coefficient (Wildman–Crippen LogP) is 1.39. The topological polar surface area (TPSA) is 56.7 Å². The molecule has 0 spiro atoms. The molecule has 0 aliphatic carbocycles. The van der Waals surface area contributed by atoms with E-state index in [2.05, 4.69) is 14.8 Å². The summed E-state index contributed by atoms with van der Waals surface area (Å²) in [6, 6.07) is 0. The summed E-state index contributed by atoms with van der Waals surface area (Å²) in [6.45, 7) is 4.14. The van der Waals surface area contributed by atoms with Crippen molar-refractivity contribution in [1.82, 2.24) is 9.88 Å². The monoisotopic (exact) mass is 275 g/mol. The lowest BCUT2D eigenvalue weighted by Crippen LogP contribution is -2.46. The molecule has 1 fully saturated rings. The van der Waals surface area contributed by atoms with Crippen LogP contribution in [0.25, 0.3) is 0 Å². The number of carboxylic acids is 1. The summed E-state index contributed by atoms with van der Waals surface area (Å²) in [5.74, 6) is -0.737. The van der Waals surface area contributed by atoms with Crippen molar-refractivity contribution in [2.45, 2.75) is 6.42 Å². The van der Waals surface area contributed by atoms with Crippen molar-refractivity contribution >= 4 is 34.0 Å². The second kappa shape index (κ2) is 5.66. The number of rotatable bonds is 4. The molecular formula is C10H14ClN3O2S. The van der Waals surface area contributed by atoms with Gasteiger partial charge in [-0.1, -0.05) is 11.6 Å². The van der Waals surface area contributed by atoms with Crippen LogP contribution in [0, 0.1) is 0 Å². The van der Waals surface area contributed by atoms with Crippen LogP contribution in [0.2, 0.25) is 5.15 Å². The highest BCUT2D eigenvalue weighted by molar-refractivity contribution is 7.14. The highest BCUT2D eigenvalue weighted by atomic mass is 35.5. The highest BCUT2D eigenvalue weighted by Gasteiger charge is 2.19. The first-order chi connectivity index (χ1) is 8.15. The number of carbonyl (C=O) groups is 1. The Morgan fingerprint density at radius 2 is 2.18 bits per heavy atom. The molecule has 1 N–H and O–H groups in total. The van der Waals surface area contributed by atoms with Gasteiger partial charge in [-0.15, -0.1) is 11.3 Å². The van der Waals surface area contributed by atoms with E-state index in [4.69, 9.17) is 16.7 Å². The molecule has 0 saturated carbocycles. The van der Waals surface area contributed by atoms with Crippen LogP contribution in [0.5, 0.6) is 0 Å². The van der Waals surface area contributed by atoms with E-state index in [1.165, 1.54) is 0 Å². The third-order valence-corrected chi connectivity index (χ3v) is 3.97. The molecule has 2 heterocycles. The summed E-state index contributed by atoms with van der Waals surface area (Å²) in [6.07, 6.45) is 0.211. The van der Waals surface area contributed by atoms with E-state index in [0.717, 1.165) is 31.3 Å². The second-order valence-electron chi connectivity index (χ2n) is 3.93. The minimum atomic E-state index is -0.737. The third kappa shape index (κ3) is 3.55. The van der Waals surface area contributed by atoms with Crippen LogP contribution >= 0.6 is 22.9 Å². The minimum absolute atomic E-state index is 0.211. The smallest absolute Gasteiger partial charge is 0.304 e. The van der Waals surface area contributed by atoms with Crippen LogP contribution in [0.15, 0.2) is 5.38 Å². The molecule has 5 nitrogen and oxygen atoms in total. The molecular weight excluding hydrogens is 262 g/mol. The fourth-order valence-corrected chi connectivity index (χ4v) is 2.81. The Hall–Kier alpha value is -0.850. The van der Waals surface area contributed by atoms with Crippen molar-refractivity contribution < 1.29 is 9.90 Å². The standard InChI is InChI=1S/C10H14ClN3O2S/c11-8-7-17-10(12-8)14-5-3-13(4-6-14)2-1-9(15)16/h7H,1-6H2,(H,15,16). The summed E-state index contributed by atoms with van der Waals surface area (Å²) in [5, 5.41) is 11.9. The van der Waals surface area contributed by atoms with Crippen molar-refractivity contribution in [2.24, 2.45) is 0 Å². The predicted molar refractivity (Wildman–Crippen MR) is 68.0 cm³/mol. The molecule has 2 rings (SSSR count). The summed E-state index contributed by atoms with van der Waals surface area (Å²) in [5.41, 5.74) is 0. The van der Waals surface area contributed by atoms with Crippen molar-refractivity contribution in [2.75, 3.05) is 37.6 Å². The molecule has 7 heteroatoms. The fourth-order valence-electron chi connectivity index (χ4n) is 1.81. The Bertz CT molecular complexity index is 391. The van der Waals surface area contributed by atoms with Crippen LogP contribution in [0.3, 0.4) is 0 Å². The maximum atomic E-state index is 10.5. The zero-order valence-corrected chi connectivity index (χ0v) is 10.9. The third-order valence-electron chi connectivity index (χ3n) is 2.75. The number of aliphatic carboxylic acids is 1. The first kappa shape index (κ1) is 12.6. The quantitative estimate of drug-likeness (QED) is 0.900. The normalized spacial score (nSPS) is 17.4. The Morgan fingerprint density at radius 1 is 1.47 bits per heavy atom. The Morgan fingerprint density at radius 3 is 2.71 bits per heavy atom. The van der Waals surface area contributed by atoms with E-state index in [1.54, 1.807) is 11.3 Å². The average molecular weight is 276 g/mol. The molecule has 1 aromatic heterocycles. The second-order valence-corrected chi connectivity index (χ2v) is 5.15. The van der Waals surface area contributed by atoms with E-state index < -0.39 is 5.97 Å². The van der Waals surface area contributed by atoms with E-state index in [1.807, 2.05) is 5.38 Å². The van der Waals surface area contributed by atoms with Gasteiger partial charge < -0.3 is 10.0 Å². The molecule has 1 saturated heterocycles. The van der Waals surface area contributed by atoms with Crippen LogP contribution in [-0.4, -0.2) is 53.7 Å². The largest absolute Gasteiger partial charge is 0.481 e. The maximum absolute atomic E-state index is 10.5. The van der Waals surface area contributed by atoms with Crippen molar-refractivity contribution in [1.29, 1.82) is 0 Å². The van der Waals surface area contributed by atoms with Crippen molar-refractivity contribution in [3.63, 3.8) is 0 Å². The van der Waals surface area contributed by atoms with Gasteiger partial charge in [-0.25, -0.2) is 4.98 Å². The van der Waals surface area contributed by atoms with Crippen LogP contribution < -0.4 is 4.90 Å². The van der Waals surface area contributed by atoms with E-state index >= 15 is 0 Å². The number of halogens is 1. The number of carboxylic acid groups (broad SMARTS) is 1. The van der Waals surface area contributed by atoms with Gasteiger partial charge in [0.2, 0.25) is 0 Å². The molecule has 1 aliphatic heterocycles. The number of hydrogen-bond donors (Lipinski definition) is 1. The van der Waals surface area contributed by atoms with Gasteiger partial charge in [0, 0.05) is 38.1 Å².